The molecule has 0 N–H and O–H groups in total. The zero-order valence-electron chi connectivity index (χ0n) is 11.6. The molecule has 0 aromatic heterocycles. The van der Waals surface area contributed by atoms with Gasteiger partial charge in [-0.25, -0.2) is 0 Å². The number of carbonyl (C=O) groups excluding carboxylic acids is 1. The molecular weight excluding hydrogens is 226 g/mol. The van der Waals surface area contributed by atoms with E-state index >= 15 is 0 Å². The SMILES string of the molecule is CCCCN(CC(C)OC(C)=O)c1ccccc1. The van der Waals surface area contributed by atoms with Crippen LogP contribution in [0.5, 0.6) is 0 Å². The first-order valence-corrected chi connectivity index (χ1v) is 6.60. The predicted octanol–water partition coefficient (Wildman–Crippen LogP) is 3.24. The van der Waals surface area contributed by atoms with Gasteiger partial charge in [-0.2, -0.15) is 0 Å². The average molecular weight is 249 g/mol. The Bertz CT molecular complexity index is 351. The van der Waals surface area contributed by atoms with Gasteiger partial charge in [0.2, 0.25) is 0 Å². The maximum atomic E-state index is 10.9. The second-order valence-electron chi connectivity index (χ2n) is 4.56. The first kappa shape index (κ1) is 14.6. The Morgan fingerprint density at radius 2 is 2.00 bits per heavy atom. The number of unbranched alkanes of at least 4 members (excludes halogenated alkanes) is 1. The maximum Gasteiger partial charge on any atom is 0.302 e. The fourth-order valence-electron chi connectivity index (χ4n) is 1.94. The number of hydrogen-bond donors (Lipinski definition) is 0. The van der Waals surface area contributed by atoms with Gasteiger partial charge in [-0.15, -0.1) is 0 Å². The zero-order chi connectivity index (χ0) is 13.4. The molecule has 0 saturated heterocycles. The molecule has 3 heteroatoms. The van der Waals surface area contributed by atoms with E-state index in [-0.39, 0.29) is 12.1 Å². The lowest BCUT2D eigenvalue weighted by Crippen LogP contribution is -2.34. The van der Waals surface area contributed by atoms with E-state index < -0.39 is 0 Å². The second-order valence-corrected chi connectivity index (χ2v) is 4.56. The minimum atomic E-state index is -0.217. The van der Waals surface area contributed by atoms with Gasteiger partial charge in [0.15, 0.2) is 0 Å². The molecule has 1 unspecified atom stereocenters. The highest BCUT2D eigenvalue weighted by Crippen LogP contribution is 2.15. The van der Waals surface area contributed by atoms with E-state index in [9.17, 15) is 4.79 Å². The van der Waals surface area contributed by atoms with E-state index in [2.05, 4.69) is 24.0 Å². The third kappa shape index (κ3) is 5.21. The Morgan fingerprint density at radius 3 is 2.56 bits per heavy atom. The van der Waals surface area contributed by atoms with Gasteiger partial charge >= 0.3 is 5.97 Å². The summed E-state index contributed by atoms with van der Waals surface area (Å²) in [6.45, 7) is 7.30. The van der Waals surface area contributed by atoms with Crippen molar-refractivity contribution in [2.75, 3.05) is 18.0 Å². The summed E-state index contributed by atoms with van der Waals surface area (Å²) in [5.41, 5.74) is 1.19. The number of benzene rings is 1. The Morgan fingerprint density at radius 1 is 1.33 bits per heavy atom. The van der Waals surface area contributed by atoms with Gasteiger partial charge in [0.1, 0.15) is 6.10 Å². The van der Waals surface area contributed by atoms with Gasteiger partial charge in [0, 0.05) is 19.2 Å². The lowest BCUT2D eigenvalue weighted by molar-refractivity contribution is -0.145. The molecule has 0 heterocycles. The average Bonchev–Trinajstić information content (AvgIpc) is 2.34. The third-order valence-corrected chi connectivity index (χ3v) is 2.75. The van der Waals surface area contributed by atoms with Crippen molar-refractivity contribution >= 4 is 11.7 Å². The molecule has 0 spiro atoms. The topological polar surface area (TPSA) is 29.5 Å². The second kappa shape index (κ2) is 7.75. The number of rotatable bonds is 7. The van der Waals surface area contributed by atoms with Gasteiger partial charge < -0.3 is 9.64 Å². The summed E-state index contributed by atoms with van der Waals surface area (Å²) < 4.78 is 5.20. The number of carbonyl (C=O) groups is 1. The highest BCUT2D eigenvalue weighted by atomic mass is 16.5. The van der Waals surface area contributed by atoms with Gasteiger partial charge in [0.25, 0.3) is 0 Å². The fraction of sp³-hybridized carbons (Fsp3) is 0.533. The molecule has 0 radical (unpaired) electrons. The highest BCUT2D eigenvalue weighted by molar-refractivity contribution is 5.66. The van der Waals surface area contributed by atoms with Gasteiger partial charge in [-0.3, -0.25) is 4.79 Å². The Hall–Kier alpha value is -1.51. The molecule has 0 aliphatic rings. The Kier molecular flexibility index (Phi) is 6.26. The van der Waals surface area contributed by atoms with E-state index in [4.69, 9.17) is 4.74 Å². The van der Waals surface area contributed by atoms with Gasteiger partial charge in [0.05, 0.1) is 6.54 Å². The van der Waals surface area contributed by atoms with Crippen molar-refractivity contribution in [2.24, 2.45) is 0 Å². The monoisotopic (exact) mass is 249 g/mol. The molecule has 0 fully saturated rings. The molecule has 1 aromatic rings. The van der Waals surface area contributed by atoms with Crippen LogP contribution < -0.4 is 4.90 Å². The van der Waals surface area contributed by atoms with Crippen molar-refractivity contribution in [3.63, 3.8) is 0 Å². The molecule has 0 bridgehead atoms. The predicted molar refractivity (Wildman–Crippen MR) is 74.8 cm³/mol. The summed E-state index contributed by atoms with van der Waals surface area (Å²) in [5.74, 6) is -0.217. The standard InChI is InChI=1S/C15H23NO2/c1-4-5-11-16(12-13(2)18-14(3)17)15-9-7-6-8-10-15/h6-10,13H,4-5,11-12H2,1-3H3. The first-order chi connectivity index (χ1) is 8.63. The number of hydrogen-bond acceptors (Lipinski definition) is 3. The Balaban J connectivity index is 2.64. The maximum absolute atomic E-state index is 10.9. The van der Waals surface area contributed by atoms with Crippen molar-refractivity contribution < 1.29 is 9.53 Å². The van der Waals surface area contributed by atoms with Crippen LogP contribution in [0, 0.1) is 0 Å². The smallest absolute Gasteiger partial charge is 0.302 e. The summed E-state index contributed by atoms with van der Waals surface area (Å²) in [4.78, 5) is 13.2. The molecular formula is C15H23NO2. The summed E-state index contributed by atoms with van der Waals surface area (Å²) in [6, 6.07) is 10.3. The zero-order valence-corrected chi connectivity index (χ0v) is 11.6. The molecule has 1 atom stereocenters. The number of esters is 1. The summed E-state index contributed by atoms with van der Waals surface area (Å²) >= 11 is 0. The van der Waals surface area contributed by atoms with Crippen LogP contribution in [0.4, 0.5) is 5.69 Å². The Labute approximate surface area is 110 Å². The molecule has 1 rings (SSSR count). The molecule has 0 aliphatic heterocycles. The van der Waals surface area contributed by atoms with Crippen LogP contribution in [0.15, 0.2) is 30.3 Å². The van der Waals surface area contributed by atoms with E-state index in [1.165, 1.54) is 12.6 Å². The molecule has 0 amide bonds. The summed E-state index contributed by atoms with van der Waals surface area (Å²) in [5, 5.41) is 0. The van der Waals surface area contributed by atoms with Gasteiger partial charge in [-0.1, -0.05) is 31.5 Å². The minimum absolute atomic E-state index is 0.0837. The van der Waals surface area contributed by atoms with Crippen LogP contribution in [0.3, 0.4) is 0 Å². The number of ether oxygens (including phenoxy) is 1. The minimum Gasteiger partial charge on any atom is -0.461 e. The van der Waals surface area contributed by atoms with Crippen molar-refractivity contribution in [1.29, 1.82) is 0 Å². The summed E-state index contributed by atoms with van der Waals surface area (Å²) in [6.07, 6.45) is 2.21. The number of anilines is 1. The van der Waals surface area contributed by atoms with Crippen molar-refractivity contribution in [1.82, 2.24) is 0 Å². The van der Waals surface area contributed by atoms with E-state index in [0.717, 1.165) is 25.9 Å². The van der Waals surface area contributed by atoms with Crippen LogP contribution >= 0.6 is 0 Å². The molecule has 0 saturated carbocycles. The van der Waals surface area contributed by atoms with Crippen molar-refractivity contribution in [3.8, 4) is 0 Å². The number of nitrogens with zero attached hydrogens (tertiary/aromatic N) is 1. The van der Waals surface area contributed by atoms with Crippen LogP contribution in [-0.4, -0.2) is 25.2 Å². The first-order valence-electron chi connectivity index (χ1n) is 6.60. The molecule has 1 aromatic carbocycles. The molecule has 100 valence electrons. The number of para-hydroxylation sites is 1. The fourth-order valence-corrected chi connectivity index (χ4v) is 1.94. The molecule has 3 nitrogen and oxygen atoms in total. The molecule has 18 heavy (non-hydrogen) atoms. The van der Waals surface area contributed by atoms with E-state index in [1.54, 1.807) is 0 Å². The quantitative estimate of drug-likeness (QED) is 0.695. The van der Waals surface area contributed by atoms with E-state index in [1.807, 2.05) is 25.1 Å². The largest absolute Gasteiger partial charge is 0.461 e. The van der Waals surface area contributed by atoms with Gasteiger partial charge in [-0.05, 0) is 25.5 Å². The van der Waals surface area contributed by atoms with Crippen LogP contribution in [0.2, 0.25) is 0 Å². The van der Waals surface area contributed by atoms with Crippen molar-refractivity contribution in [3.05, 3.63) is 30.3 Å². The third-order valence-electron chi connectivity index (χ3n) is 2.75. The van der Waals surface area contributed by atoms with Crippen molar-refractivity contribution in [2.45, 2.75) is 39.7 Å². The summed E-state index contributed by atoms with van der Waals surface area (Å²) in [7, 11) is 0. The van der Waals surface area contributed by atoms with Crippen LogP contribution in [0.1, 0.15) is 33.6 Å². The van der Waals surface area contributed by atoms with Crippen LogP contribution in [0.25, 0.3) is 0 Å². The van der Waals surface area contributed by atoms with E-state index in [0.29, 0.717) is 0 Å². The normalized spacial score (nSPS) is 11.9. The lowest BCUT2D eigenvalue weighted by atomic mass is 10.2. The lowest BCUT2D eigenvalue weighted by Gasteiger charge is -2.27. The highest BCUT2D eigenvalue weighted by Gasteiger charge is 2.12. The van der Waals surface area contributed by atoms with Crippen LogP contribution in [-0.2, 0) is 9.53 Å². The molecule has 0 aliphatic carbocycles.